The van der Waals surface area contributed by atoms with E-state index < -0.39 is 10.0 Å². The van der Waals surface area contributed by atoms with Crippen molar-refractivity contribution in [2.24, 2.45) is 5.92 Å². The molecule has 52 heavy (non-hydrogen) atoms. The van der Waals surface area contributed by atoms with Gasteiger partial charge in [-0.05, 0) is 67.9 Å². The van der Waals surface area contributed by atoms with Gasteiger partial charge in [-0.3, -0.25) is 9.69 Å². The van der Waals surface area contributed by atoms with Gasteiger partial charge in [0.1, 0.15) is 0 Å². The number of hydrogen-bond donors (Lipinski definition) is 2. The largest absolute Gasteiger partial charge is 0.505 e. The van der Waals surface area contributed by atoms with Crippen LogP contribution in [0.1, 0.15) is 43.7 Å². The lowest BCUT2D eigenvalue weighted by Gasteiger charge is -2.42. The minimum Gasteiger partial charge on any atom is -0.505 e. The molecule has 13 nitrogen and oxygen atoms in total. The fraction of sp³-hybridized carbons (Fsp3) is 0.583. The van der Waals surface area contributed by atoms with Crippen molar-refractivity contribution in [3.8, 4) is 5.75 Å². The zero-order valence-corrected chi connectivity index (χ0v) is 32.4. The summed E-state index contributed by atoms with van der Waals surface area (Å²) in [5.74, 6) is -0.257. The summed E-state index contributed by atoms with van der Waals surface area (Å²) in [5.41, 5.74) is 2.90. The Morgan fingerprint density at radius 3 is 2.10 bits per heavy atom. The Bertz CT molecular complexity index is 1670. The lowest BCUT2D eigenvalue weighted by molar-refractivity contribution is -0.137. The first kappa shape index (κ1) is 39.9. The minimum absolute atomic E-state index is 0.0403. The predicted octanol–water partition coefficient (Wildman–Crippen LogP) is 4.75. The lowest BCUT2D eigenvalue weighted by atomic mass is 9.99. The van der Waals surface area contributed by atoms with Crippen molar-refractivity contribution in [3.05, 3.63) is 57.6 Å². The van der Waals surface area contributed by atoms with E-state index in [0.29, 0.717) is 58.3 Å². The fourth-order valence-corrected chi connectivity index (χ4v) is 8.97. The number of amides is 4. The topological polar surface area (TPSA) is 143 Å². The van der Waals surface area contributed by atoms with Gasteiger partial charge >= 0.3 is 12.1 Å². The Balaban J connectivity index is 0.000000210. The van der Waals surface area contributed by atoms with E-state index in [0.717, 1.165) is 56.4 Å². The Morgan fingerprint density at radius 1 is 0.904 bits per heavy atom. The molecule has 0 spiro atoms. The number of nitrogens with one attached hydrogen (secondary N) is 1. The maximum atomic E-state index is 12.9. The fourth-order valence-electron chi connectivity index (χ4n) is 7.56. The molecule has 16 heteroatoms. The molecular formula is C36H50Cl2N6O7S. The van der Waals surface area contributed by atoms with Gasteiger partial charge in [0.2, 0.25) is 15.9 Å². The number of phenolic OH excluding ortho intramolecular Hbond substituents is 1. The number of hydrogen-bond acceptors (Lipinski definition) is 8. The number of phenols is 1. The molecule has 6 rings (SSSR count). The van der Waals surface area contributed by atoms with E-state index in [1.54, 1.807) is 21.3 Å². The van der Waals surface area contributed by atoms with Crippen molar-refractivity contribution in [3.63, 3.8) is 0 Å². The highest BCUT2D eigenvalue weighted by Crippen LogP contribution is 2.33. The van der Waals surface area contributed by atoms with Gasteiger partial charge < -0.3 is 29.9 Å². The number of anilines is 1. The standard InChI is InChI=1S/C20H29Cl2N3O4S.C16H21N3O3/c1-14(11-15-12-17(21)19(26)18(22)13-15)20(27)24-9-7-23(8-10-24)16-3-5-25(6-4-16)30(2,28)29;1-22-16(21)18-9-7-13(8-10-18)19-11-6-12-4-2-3-5-14(12)17-15(19)20/h12-14,16,26H,3-11H2,1-2H3;2-5,13H,6-11H2,1H3,(H,17,20)/t14-;/m1./s1. The predicted molar refractivity (Wildman–Crippen MR) is 201 cm³/mol. The van der Waals surface area contributed by atoms with Gasteiger partial charge in [0.15, 0.2) is 5.75 Å². The van der Waals surface area contributed by atoms with Gasteiger partial charge in [0, 0.05) is 82.6 Å². The molecular weight excluding hydrogens is 731 g/mol. The zero-order valence-electron chi connectivity index (χ0n) is 30.1. The number of benzene rings is 2. The van der Waals surface area contributed by atoms with E-state index in [4.69, 9.17) is 27.9 Å². The van der Waals surface area contributed by atoms with E-state index >= 15 is 0 Å². The molecule has 0 saturated carbocycles. The molecule has 4 aliphatic heterocycles. The van der Waals surface area contributed by atoms with E-state index in [2.05, 4.69) is 16.3 Å². The molecule has 286 valence electrons. The summed E-state index contributed by atoms with van der Waals surface area (Å²) in [7, 11) is -1.72. The summed E-state index contributed by atoms with van der Waals surface area (Å²) in [6.07, 6.45) is 5.58. The zero-order chi connectivity index (χ0) is 37.6. The average molecular weight is 782 g/mol. The number of para-hydroxylation sites is 1. The highest BCUT2D eigenvalue weighted by molar-refractivity contribution is 7.88. The third-order valence-electron chi connectivity index (χ3n) is 10.6. The number of nitrogens with zero attached hydrogens (tertiary/aromatic N) is 5. The molecule has 0 aliphatic carbocycles. The number of ether oxygens (including phenoxy) is 1. The molecule has 0 radical (unpaired) electrons. The number of carbonyl (C=O) groups is 3. The number of rotatable bonds is 6. The van der Waals surface area contributed by atoms with Crippen LogP contribution in [-0.2, 0) is 32.4 Å². The third-order valence-corrected chi connectivity index (χ3v) is 12.4. The maximum Gasteiger partial charge on any atom is 0.409 e. The van der Waals surface area contributed by atoms with E-state index in [9.17, 15) is 27.9 Å². The molecule has 0 aromatic heterocycles. The number of halogens is 2. The highest BCUT2D eigenvalue weighted by atomic mass is 35.5. The summed E-state index contributed by atoms with van der Waals surface area (Å²) in [6, 6.07) is 11.7. The second-order valence-electron chi connectivity index (χ2n) is 14.0. The monoisotopic (exact) mass is 780 g/mol. The number of sulfonamides is 1. The molecule has 4 amide bonds. The first-order chi connectivity index (χ1) is 24.7. The van der Waals surface area contributed by atoms with Crippen LogP contribution in [0.5, 0.6) is 5.75 Å². The molecule has 0 unspecified atom stereocenters. The highest BCUT2D eigenvalue weighted by Gasteiger charge is 2.33. The first-order valence-corrected chi connectivity index (χ1v) is 20.5. The summed E-state index contributed by atoms with van der Waals surface area (Å²) in [4.78, 5) is 44.8. The number of aromatic hydroxyl groups is 1. The number of fused-ring (bicyclic) bond motifs is 1. The van der Waals surface area contributed by atoms with Gasteiger partial charge in [-0.1, -0.05) is 48.3 Å². The van der Waals surface area contributed by atoms with Crippen LogP contribution in [0.3, 0.4) is 0 Å². The summed E-state index contributed by atoms with van der Waals surface area (Å²) < 4.78 is 29.7. The molecule has 4 aliphatic rings. The first-order valence-electron chi connectivity index (χ1n) is 17.9. The quantitative estimate of drug-likeness (QED) is 0.428. The molecule has 1 atom stereocenters. The van der Waals surface area contributed by atoms with Gasteiger partial charge in [-0.15, -0.1) is 0 Å². The average Bonchev–Trinajstić information content (AvgIpc) is 3.31. The Morgan fingerprint density at radius 2 is 1.50 bits per heavy atom. The van der Waals surface area contributed by atoms with E-state index in [1.807, 2.05) is 34.9 Å². The molecule has 2 aromatic carbocycles. The SMILES string of the molecule is COC(=O)N1CCC(N2CCc3ccccc3NC2=O)CC1.C[C@H](Cc1cc(Cl)c(O)c(Cl)c1)C(=O)N1CCN(C2CCN(S(C)(=O)=O)CC2)CC1. The van der Waals surface area contributed by atoms with Gasteiger partial charge in [0.05, 0.1) is 23.4 Å². The van der Waals surface area contributed by atoms with Crippen LogP contribution < -0.4 is 5.32 Å². The van der Waals surface area contributed by atoms with Gasteiger partial charge in [0.25, 0.3) is 0 Å². The van der Waals surface area contributed by atoms with Crippen LogP contribution in [0.15, 0.2) is 36.4 Å². The Kier molecular flexibility index (Phi) is 13.6. The maximum absolute atomic E-state index is 12.9. The van der Waals surface area contributed by atoms with Crippen LogP contribution in [0, 0.1) is 5.92 Å². The normalized spacial score (nSPS) is 20.2. The van der Waals surface area contributed by atoms with Crippen LogP contribution in [0.2, 0.25) is 10.0 Å². The summed E-state index contributed by atoms with van der Waals surface area (Å²) >= 11 is 12.0. The minimum atomic E-state index is -3.11. The number of methoxy groups -OCH3 is 1. The van der Waals surface area contributed by atoms with Gasteiger partial charge in [-0.25, -0.2) is 22.3 Å². The van der Waals surface area contributed by atoms with Crippen molar-refractivity contribution in [1.29, 1.82) is 0 Å². The molecule has 0 bridgehead atoms. The number of likely N-dealkylation sites (tertiary alicyclic amines) is 1. The second-order valence-corrected chi connectivity index (χ2v) is 16.8. The van der Waals surface area contributed by atoms with Crippen molar-refractivity contribution in [1.82, 2.24) is 23.9 Å². The summed E-state index contributed by atoms with van der Waals surface area (Å²) in [6.45, 7) is 7.96. The van der Waals surface area contributed by atoms with Crippen molar-refractivity contribution < 1.29 is 32.6 Å². The van der Waals surface area contributed by atoms with E-state index in [1.165, 1.54) is 18.9 Å². The van der Waals surface area contributed by atoms with Crippen molar-refractivity contribution in [2.45, 2.75) is 57.5 Å². The Labute approximate surface area is 316 Å². The second kappa shape index (κ2) is 17.7. The molecule has 4 heterocycles. The van der Waals surface area contributed by atoms with Crippen LogP contribution in [-0.4, -0.2) is 140 Å². The number of carbonyl (C=O) groups excluding carboxylic acids is 3. The molecule has 2 aromatic rings. The van der Waals surface area contributed by atoms with Crippen LogP contribution in [0.25, 0.3) is 0 Å². The smallest absolute Gasteiger partial charge is 0.409 e. The molecule has 3 saturated heterocycles. The van der Waals surface area contributed by atoms with E-state index in [-0.39, 0.29) is 45.8 Å². The Hall–Kier alpha value is -3.30. The third kappa shape index (κ3) is 10.0. The number of urea groups is 1. The summed E-state index contributed by atoms with van der Waals surface area (Å²) in [5, 5.41) is 13.1. The molecule has 3 fully saturated rings. The molecule has 2 N–H and O–H groups in total. The van der Waals surface area contributed by atoms with Gasteiger partial charge in [-0.2, -0.15) is 0 Å². The number of piperazine rings is 1. The van der Waals surface area contributed by atoms with Crippen LogP contribution >= 0.6 is 23.2 Å². The lowest BCUT2D eigenvalue weighted by Crippen LogP contribution is -2.55. The van der Waals surface area contributed by atoms with Crippen molar-refractivity contribution in [2.75, 3.05) is 77.6 Å². The van der Waals surface area contributed by atoms with Crippen LogP contribution in [0.4, 0.5) is 15.3 Å². The van der Waals surface area contributed by atoms with Crippen molar-refractivity contribution >= 4 is 56.9 Å². The number of piperidine rings is 2.